The fourth-order valence-corrected chi connectivity index (χ4v) is 3.65. The van der Waals surface area contributed by atoms with Crippen molar-refractivity contribution in [3.8, 4) is 0 Å². The molecule has 1 aliphatic carbocycles. The summed E-state index contributed by atoms with van der Waals surface area (Å²) in [5.74, 6) is 1.77. The van der Waals surface area contributed by atoms with Crippen LogP contribution < -0.4 is 10.5 Å². The predicted molar refractivity (Wildman–Crippen MR) is 74.2 cm³/mol. The van der Waals surface area contributed by atoms with Crippen molar-refractivity contribution in [2.24, 2.45) is 11.1 Å². The SMILES string of the molecule is Cc1cc(N[C@@H]2CC[C@H](CS(N)(=O)=O)C2)nc(C)n1. The number of sulfonamides is 1. The van der Waals surface area contributed by atoms with Crippen LogP contribution in [0, 0.1) is 19.8 Å². The number of rotatable bonds is 4. The number of nitrogens with one attached hydrogen (secondary N) is 1. The molecule has 0 spiro atoms. The first kappa shape index (κ1) is 14.2. The molecular formula is C12H20N4O2S. The molecule has 3 N–H and O–H groups in total. The molecule has 0 aromatic carbocycles. The molecule has 0 amide bonds. The molecular weight excluding hydrogens is 264 g/mol. The van der Waals surface area contributed by atoms with E-state index in [1.54, 1.807) is 0 Å². The number of nitrogens with two attached hydrogens (primary N) is 1. The molecule has 1 heterocycles. The minimum absolute atomic E-state index is 0.0764. The van der Waals surface area contributed by atoms with Crippen molar-refractivity contribution in [2.45, 2.75) is 39.2 Å². The van der Waals surface area contributed by atoms with Gasteiger partial charge in [-0.2, -0.15) is 0 Å². The zero-order valence-corrected chi connectivity index (χ0v) is 12.1. The Balaban J connectivity index is 1.95. The number of hydrogen-bond donors (Lipinski definition) is 2. The first-order valence-corrected chi connectivity index (χ1v) is 8.12. The lowest BCUT2D eigenvalue weighted by molar-refractivity contribution is 0.557. The molecule has 0 radical (unpaired) electrons. The number of aryl methyl sites for hydroxylation is 2. The lowest BCUT2D eigenvalue weighted by Gasteiger charge is -2.14. The van der Waals surface area contributed by atoms with Crippen molar-refractivity contribution in [3.05, 3.63) is 17.6 Å². The molecule has 7 heteroatoms. The van der Waals surface area contributed by atoms with Gasteiger partial charge in [-0.25, -0.2) is 23.5 Å². The summed E-state index contributed by atoms with van der Waals surface area (Å²) in [6.07, 6.45) is 2.65. The van der Waals surface area contributed by atoms with Crippen LogP contribution in [0.3, 0.4) is 0 Å². The normalized spacial score (nSPS) is 23.5. The number of primary sulfonamides is 1. The smallest absolute Gasteiger partial charge is 0.209 e. The second kappa shape index (κ2) is 5.42. The van der Waals surface area contributed by atoms with Crippen LogP contribution in [-0.2, 0) is 10.0 Å². The maximum atomic E-state index is 11.1. The van der Waals surface area contributed by atoms with Gasteiger partial charge in [-0.1, -0.05) is 0 Å². The Morgan fingerprint density at radius 3 is 2.74 bits per heavy atom. The molecule has 2 atom stereocenters. The van der Waals surface area contributed by atoms with Crippen molar-refractivity contribution in [1.82, 2.24) is 9.97 Å². The number of nitrogens with zero attached hydrogens (tertiary/aromatic N) is 2. The molecule has 1 fully saturated rings. The van der Waals surface area contributed by atoms with Gasteiger partial charge >= 0.3 is 0 Å². The van der Waals surface area contributed by atoms with Gasteiger partial charge in [0.15, 0.2) is 0 Å². The summed E-state index contributed by atoms with van der Waals surface area (Å²) >= 11 is 0. The van der Waals surface area contributed by atoms with E-state index in [1.807, 2.05) is 19.9 Å². The van der Waals surface area contributed by atoms with Crippen molar-refractivity contribution in [2.75, 3.05) is 11.1 Å². The lowest BCUT2D eigenvalue weighted by Crippen LogP contribution is -2.23. The Kier molecular flexibility index (Phi) is 4.05. The molecule has 2 rings (SSSR count). The number of anilines is 1. The van der Waals surface area contributed by atoms with Gasteiger partial charge in [-0.05, 0) is 39.0 Å². The average Bonchev–Trinajstić information content (AvgIpc) is 2.60. The minimum Gasteiger partial charge on any atom is -0.367 e. The Morgan fingerprint density at radius 2 is 2.11 bits per heavy atom. The highest BCUT2D eigenvalue weighted by molar-refractivity contribution is 7.89. The van der Waals surface area contributed by atoms with Gasteiger partial charge in [0, 0.05) is 17.8 Å². The summed E-state index contributed by atoms with van der Waals surface area (Å²) in [6, 6.07) is 2.17. The van der Waals surface area contributed by atoms with Crippen LogP contribution in [0.5, 0.6) is 0 Å². The monoisotopic (exact) mass is 284 g/mol. The standard InChI is InChI=1S/C12H20N4O2S/c1-8-5-12(15-9(2)14-8)16-11-4-3-10(6-11)7-19(13,17)18/h5,10-11H,3-4,6-7H2,1-2H3,(H2,13,17,18)(H,14,15,16)/t10-,11+/m0/s1. The molecule has 1 aromatic rings. The maximum absolute atomic E-state index is 11.1. The third-order valence-electron chi connectivity index (χ3n) is 3.33. The summed E-state index contributed by atoms with van der Waals surface area (Å²) in [5, 5.41) is 8.44. The van der Waals surface area contributed by atoms with Crippen LogP contribution in [-0.4, -0.2) is 30.2 Å². The zero-order chi connectivity index (χ0) is 14.0. The van der Waals surface area contributed by atoms with Crippen molar-refractivity contribution in [1.29, 1.82) is 0 Å². The second-order valence-electron chi connectivity index (χ2n) is 5.29. The number of aromatic nitrogens is 2. The summed E-state index contributed by atoms with van der Waals surface area (Å²) in [6.45, 7) is 3.79. The fourth-order valence-electron chi connectivity index (χ4n) is 2.69. The van der Waals surface area contributed by atoms with Gasteiger partial charge in [0.2, 0.25) is 10.0 Å². The van der Waals surface area contributed by atoms with Crippen LogP contribution in [0.2, 0.25) is 0 Å². The molecule has 0 aliphatic heterocycles. The highest BCUT2D eigenvalue weighted by atomic mass is 32.2. The van der Waals surface area contributed by atoms with E-state index in [0.717, 1.165) is 36.6 Å². The molecule has 1 aromatic heterocycles. The molecule has 0 saturated heterocycles. The van der Waals surface area contributed by atoms with Crippen molar-refractivity contribution < 1.29 is 8.42 Å². The average molecular weight is 284 g/mol. The molecule has 1 saturated carbocycles. The predicted octanol–water partition coefficient (Wildman–Crippen LogP) is 0.963. The Labute approximate surface area is 113 Å². The fraction of sp³-hybridized carbons (Fsp3) is 0.667. The first-order valence-electron chi connectivity index (χ1n) is 6.41. The van der Waals surface area contributed by atoms with Crippen molar-refractivity contribution in [3.63, 3.8) is 0 Å². The summed E-state index contributed by atoms with van der Waals surface area (Å²) < 4.78 is 22.2. The first-order chi connectivity index (χ1) is 8.82. The lowest BCUT2D eigenvalue weighted by atomic mass is 10.1. The second-order valence-corrected chi connectivity index (χ2v) is 6.95. The van der Waals surface area contributed by atoms with Gasteiger partial charge < -0.3 is 5.32 Å². The summed E-state index contributed by atoms with van der Waals surface area (Å²) in [5.41, 5.74) is 0.925. The quantitative estimate of drug-likeness (QED) is 0.858. The van der Waals surface area contributed by atoms with E-state index in [-0.39, 0.29) is 17.7 Å². The van der Waals surface area contributed by atoms with E-state index in [1.165, 1.54) is 0 Å². The molecule has 6 nitrogen and oxygen atoms in total. The molecule has 0 unspecified atom stereocenters. The van der Waals surface area contributed by atoms with Gasteiger partial charge in [-0.15, -0.1) is 0 Å². The largest absolute Gasteiger partial charge is 0.367 e. The Hall–Kier alpha value is -1.21. The third-order valence-corrected chi connectivity index (χ3v) is 4.26. The van der Waals surface area contributed by atoms with Crippen LogP contribution in [0.25, 0.3) is 0 Å². The Morgan fingerprint density at radius 1 is 1.37 bits per heavy atom. The summed E-state index contributed by atoms with van der Waals surface area (Å²) in [7, 11) is -3.37. The van der Waals surface area contributed by atoms with E-state index in [2.05, 4.69) is 15.3 Å². The van der Waals surface area contributed by atoms with Crippen LogP contribution >= 0.6 is 0 Å². The summed E-state index contributed by atoms with van der Waals surface area (Å²) in [4.78, 5) is 8.56. The van der Waals surface area contributed by atoms with Gasteiger partial charge in [-0.3, -0.25) is 0 Å². The van der Waals surface area contributed by atoms with E-state index < -0.39 is 10.0 Å². The molecule has 0 bridgehead atoms. The molecule has 1 aliphatic rings. The van der Waals surface area contributed by atoms with Crippen molar-refractivity contribution >= 4 is 15.8 Å². The zero-order valence-electron chi connectivity index (χ0n) is 11.3. The van der Waals surface area contributed by atoms with Crippen LogP contribution in [0.1, 0.15) is 30.8 Å². The van der Waals surface area contributed by atoms with Crippen LogP contribution in [0.15, 0.2) is 6.07 Å². The van der Waals surface area contributed by atoms with E-state index in [4.69, 9.17) is 5.14 Å². The van der Waals surface area contributed by atoms with E-state index >= 15 is 0 Å². The third kappa shape index (κ3) is 4.43. The minimum atomic E-state index is -3.37. The van der Waals surface area contributed by atoms with E-state index in [9.17, 15) is 8.42 Å². The van der Waals surface area contributed by atoms with Gasteiger partial charge in [0.25, 0.3) is 0 Å². The number of hydrogen-bond acceptors (Lipinski definition) is 5. The van der Waals surface area contributed by atoms with Crippen LogP contribution in [0.4, 0.5) is 5.82 Å². The van der Waals surface area contributed by atoms with Gasteiger partial charge in [0.1, 0.15) is 11.6 Å². The van der Waals surface area contributed by atoms with Gasteiger partial charge in [0.05, 0.1) is 5.75 Å². The highest BCUT2D eigenvalue weighted by Crippen LogP contribution is 2.28. The Bertz CT molecular complexity index is 539. The topological polar surface area (TPSA) is 98.0 Å². The molecule has 19 heavy (non-hydrogen) atoms. The maximum Gasteiger partial charge on any atom is 0.209 e. The van der Waals surface area contributed by atoms with E-state index in [0.29, 0.717) is 0 Å². The highest BCUT2D eigenvalue weighted by Gasteiger charge is 2.27. The molecule has 106 valence electrons.